The summed E-state index contributed by atoms with van der Waals surface area (Å²) in [6, 6.07) is 0.510. The molecule has 4 saturated carbocycles. The van der Waals surface area contributed by atoms with Crippen LogP contribution in [0.1, 0.15) is 84.0 Å². The second kappa shape index (κ2) is 5.99. The Morgan fingerprint density at radius 1 is 0.960 bits per heavy atom. The molecule has 0 aliphatic heterocycles. The zero-order valence-electron chi connectivity index (χ0n) is 15.8. The molecule has 6 aliphatic rings. The molecule has 0 spiro atoms. The number of rotatable bonds is 3. The van der Waals surface area contributed by atoms with Crippen LogP contribution in [-0.4, -0.2) is 11.8 Å². The van der Waals surface area contributed by atoms with Crippen LogP contribution in [0, 0.1) is 23.2 Å². The third kappa shape index (κ3) is 2.71. The molecule has 0 radical (unpaired) electrons. The number of allylic oxidation sites excluding steroid dienone is 3. The topological polar surface area (TPSA) is 29.1 Å². The second-order valence-corrected chi connectivity index (χ2v) is 9.94. The Labute approximate surface area is 152 Å². The van der Waals surface area contributed by atoms with Crippen LogP contribution in [0.3, 0.4) is 0 Å². The quantitative estimate of drug-likeness (QED) is 0.707. The van der Waals surface area contributed by atoms with Gasteiger partial charge in [-0.1, -0.05) is 5.57 Å². The van der Waals surface area contributed by atoms with Gasteiger partial charge in [0, 0.05) is 24.2 Å². The number of nitrogens with one attached hydrogen (secondary N) is 1. The molecule has 2 nitrogen and oxygen atoms in total. The number of Topliss-reactive ketones (excluding diaryl/α,β-unsaturated/α-hetero) is 1. The van der Waals surface area contributed by atoms with Gasteiger partial charge in [-0.3, -0.25) is 4.79 Å². The van der Waals surface area contributed by atoms with Crippen LogP contribution >= 0.6 is 0 Å². The van der Waals surface area contributed by atoms with Crippen molar-refractivity contribution in [2.75, 3.05) is 0 Å². The molecule has 0 aromatic heterocycles. The van der Waals surface area contributed by atoms with E-state index in [1.165, 1.54) is 63.4 Å². The molecule has 0 aromatic rings. The summed E-state index contributed by atoms with van der Waals surface area (Å²) in [5, 5.41) is 3.76. The van der Waals surface area contributed by atoms with Crippen molar-refractivity contribution in [3.63, 3.8) is 0 Å². The Hall–Kier alpha value is -1.05. The fourth-order valence-electron chi connectivity index (χ4n) is 7.40. The first-order valence-corrected chi connectivity index (χ1v) is 10.8. The van der Waals surface area contributed by atoms with E-state index in [-0.39, 0.29) is 0 Å². The predicted octanol–water partition coefficient (Wildman–Crippen LogP) is 5.30. The van der Waals surface area contributed by atoms with Crippen LogP contribution in [0.15, 0.2) is 22.9 Å². The van der Waals surface area contributed by atoms with E-state index in [9.17, 15) is 4.79 Å². The zero-order chi connectivity index (χ0) is 17.0. The molecule has 4 bridgehead atoms. The third-order valence-corrected chi connectivity index (χ3v) is 8.34. The minimum absolute atomic E-state index is 0.380. The fourth-order valence-corrected chi connectivity index (χ4v) is 7.40. The summed E-state index contributed by atoms with van der Waals surface area (Å²) >= 11 is 0. The highest BCUT2D eigenvalue weighted by Crippen LogP contribution is 2.61. The summed E-state index contributed by atoms with van der Waals surface area (Å²) in [5.74, 6) is 3.36. The number of carbonyl (C=O) groups excluding carboxylic acids is 1. The van der Waals surface area contributed by atoms with E-state index in [4.69, 9.17) is 0 Å². The number of ketones is 1. The highest BCUT2D eigenvalue weighted by Gasteiger charge is 2.53. The van der Waals surface area contributed by atoms with E-state index in [1.54, 1.807) is 5.57 Å². The predicted molar refractivity (Wildman–Crippen MR) is 101 cm³/mol. The molecule has 0 heterocycles. The average Bonchev–Trinajstić information content (AvgIpc) is 2.59. The molecule has 2 heteroatoms. The van der Waals surface area contributed by atoms with E-state index in [1.807, 2.05) is 0 Å². The molecule has 6 rings (SSSR count). The van der Waals surface area contributed by atoms with Crippen molar-refractivity contribution >= 4 is 5.78 Å². The fraction of sp³-hybridized carbons (Fsp3) is 0.783. The number of hydrogen-bond acceptors (Lipinski definition) is 2. The van der Waals surface area contributed by atoms with Gasteiger partial charge in [0.05, 0.1) is 0 Å². The van der Waals surface area contributed by atoms with Crippen LogP contribution in [0.25, 0.3) is 0 Å². The maximum atomic E-state index is 12.6. The molecule has 4 fully saturated rings. The summed E-state index contributed by atoms with van der Waals surface area (Å²) in [4.78, 5) is 12.6. The van der Waals surface area contributed by atoms with E-state index in [0.29, 0.717) is 17.2 Å². The number of hydrogen-bond donors (Lipinski definition) is 1. The molecule has 25 heavy (non-hydrogen) atoms. The lowest BCUT2D eigenvalue weighted by Gasteiger charge is -2.59. The lowest BCUT2D eigenvalue weighted by molar-refractivity contribution is -0.115. The summed E-state index contributed by atoms with van der Waals surface area (Å²) in [6.45, 7) is 2.40. The normalized spacial score (nSPS) is 42.7. The first-order valence-electron chi connectivity index (χ1n) is 10.8. The Morgan fingerprint density at radius 2 is 1.60 bits per heavy atom. The van der Waals surface area contributed by atoms with E-state index in [2.05, 4.69) is 18.4 Å². The van der Waals surface area contributed by atoms with Gasteiger partial charge in [0.25, 0.3) is 0 Å². The van der Waals surface area contributed by atoms with Gasteiger partial charge < -0.3 is 5.32 Å². The van der Waals surface area contributed by atoms with Crippen LogP contribution in [0.4, 0.5) is 0 Å². The maximum absolute atomic E-state index is 12.6. The monoisotopic (exact) mass is 339 g/mol. The molecule has 0 amide bonds. The Balaban J connectivity index is 1.36. The standard InChI is InChI=1S/C23H33NO/c1-15(23-11-16-8-17(12-23)10-18(9-16)13-23)24-14-21-20-5-3-2-4-19(20)6-7-22(21)25/h14-18,24H,2-13H2,1H3/b21-14-. The van der Waals surface area contributed by atoms with Crippen molar-refractivity contribution in [1.29, 1.82) is 0 Å². The van der Waals surface area contributed by atoms with E-state index in [0.717, 1.165) is 42.6 Å². The largest absolute Gasteiger partial charge is 0.387 e. The lowest BCUT2D eigenvalue weighted by atomic mass is 9.48. The van der Waals surface area contributed by atoms with Crippen molar-refractivity contribution < 1.29 is 4.79 Å². The Morgan fingerprint density at radius 3 is 2.28 bits per heavy atom. The molecular weight excluding hydrogens is 306 g/mol. The Kier molecular flexibility index (Phi) is 3.87. The maximum Gasteiger partial charge on any atom is 0.164 e. The molecule has 1 atom stereocenters. The summed E-state index contributed by atoms with van der Waals surface area (Å²) < 4.78 is 0. The van der Waals surface area contributed by atoms with Gasteiger partial charge in [-0.15, -0.1) is 0 Å². The average molecular weight is 340 g/mol. The molecule has 1 N–H and O–H groups in total. The van der Waals surface area contributed by atoms with Gasteiger partial charge >= 0.3 is 0 Å². The van der Waals surface area contributed by atoms with Crippen molar-refractivity contribution in [3.05, 3.63) is 22.9 Å². The van der Waals surface area contributed by atoms with Crippen LogP contribution in [-0.2, 0) is 4.79 Å². The highest BCUT2D eigenvalue weighted by atomic mass is 16.1. The second-order valence-electron chi connectivity index (χ2n) is 9.94. The van der Waals surface area contributed by atoms with Crippen LogP contribution < -0.4 is 5.32 Å². The van der Waals surface area contributed by atoms with Gasteiger partial charge in [-0.05, 0) is 106 Å². The lowest BCUT2D eigenvalue weighted by Crippen LogP contribution is -2.54. The van der Waals surface area contributed by atoms with E-state index < -0.39 is 0 Å². The van der Waals surface area contributed by atoms with Gasteiger partial charge in [0.15, 0.2) is 5.78 Å². The minimum atomic E-state index is 0.380. The molecule has 136 valence electrons. The summed E-state index contributed by atoms with van der Waals surface area (Å²) in [6.07, 6.45) is 17.6. The number of carbonyl (C=O) groups is 1. The van der Waals surface area contributed by atoms with Gasteiger partial charge in [0.1, 0.15) is 0 Å². The Bertz CT molecular complexity index is 605. The first kappa shape index (κ1) is 16.1. The van der Waals surface area contributed by atoms with Gasteiger partial charge in [-0.25, -0.2) is 0 Å². The molecular formula is C23H33NO. The first-order chi connectivity index (χ1) is 12.1. The molecule has 0 saturated heterocycles. The van der Waals surface area contributed by atoms with E-state index >= 15 is 0 Å². The van der Waals surface area contributed by atoms with Gasteiger partial charge in [0.2, 0.25) is 0 Å². The molecule has 0 aromatic carbocycles. The third-order valence-electron chi connectivity index (χ3n) is 8.34. The summed E-state index contributed by atoms with van der Waals surface area (Å²) in [7, 11) is 0. The highest BCUT2D eigenvalue weighted by molar-refractivity contribution is 6.01. The summed E-state index contributed by atoms with van der Waals surface area (Å²) in [5.41, 5.74) is 4.54. The van der Waals surface area contributed by atoms with Gasteiger partial charge in [-0.2, -0.15) is 0 Å². The zero-order valence-corrected chi connectivity index (χ0v) is 15.8. The van der Waals surface area contributed by atoms with Crippen molar-refractivity contribution in [1.82, 2.24) is 5.32 Å². The van der Waals surface area contributed by atoms with Crippen molar-refractivity contribution in [3.8, 4) is 0 Å². The van der Waals surface area contributed by atoms with Crippen LogP contribution in [0.2, 0.25) is 0 Å². The molecule has 1 unspecified atom stereocenters. The SMILES string of the molecule is CC(N/C=C1\C(=O)CCC2=C1CCCC2)C12CC3CC(CC(C3)C1)C2. The van der Waals surface area contributed by atoms with Crippen LogP contribution in [0.5, 0.6) is 0 Å². The smallest absolute Gasteiger partial charge is 0.164 e. The van der Waals surface area contributed by atoms with Crippen molar-refractivity contribution in [2.45, 2.75) is 90.0 Å². The minimum Gasteiger partial charge on any atom is -0.387 e. The molecule has 6 aliphatic carbocycles. The van der Waals surface area contributed by atoms with Crippen molar-refractivity contribution in [2.24, 2.45) is 23.2 Å².